The van der Waals surface area contributed by atoms with E-state index in [0.717, 1.165) is 5.56 Å². The quantitative estimate of drug-likeness (QED) is 0.580. The van der Waals surface area contributed by atoms with E-state index in [2.05, 4.69) is 10.4 Å². The van der Waals surface area contributed by atoms with Crippen LogP contribution in [0.5, 0.6) is 0 Å². The Kier molecular flexibility index (Phi) is 6.95. The summed E-state index contributed by atoms with van der Waals surface area (Å²) in [6.07, 6.45) is 1.24. The number of amides is 1. The molecule has 0 radical (unpaired) electrons. The van der Waals surface area contributed by atoms with Crippen molar-refractivity contribution >= 4 is 22.8 Å². The lowest BCUT2D eigenvalue weighted by Crippen LogP contribution is -2.31. The molecule has 0 aliphatic carbocycles. The average Bonchev–Trinajstić information content (AvgIpc) is 2.73. The van der Waals surface area contributed by atoms with E-state index in [0.29, 0.717) is 17.4 Å². The van der Waals surface area contributed by atoms with Gasteiger partial charge in [-0.1, -0.05) is 42.5 Å². The summed E-state index contributed by atoms with van der Waals surface area (Å²) in [6.45, 7) is 3.88. The first-order valence-electron chi connectivity index (χ1n) is 9.92. The molecule has 0 aliphatic rings. The van der Waals surface area contributed by atoms with Gasteiger partial charge in [-0.15, -0.1) is 0 Å². The number of carbonyl (C=O) groups excluding carboxylic acids is 2. The van der Waals surface area contributed by atoms with Gasteiger partial charge in [0.05, 0.1) is 36.8 Å². The van der Waals surface area contributed by atoms with Crippen LogP contribution in [0.4, 0.5) is 0 Å². The Labute approximate surface area is 174 Å². The lowest BCUT2D eigenvalue weighted by molar-refractivity contribution is -0.148. The molecule has 1 aromatic heterocycles. The lowest BCUT2D eigenvalue weighted by atomic mass is 10.0. The van der Waals surface area contributed by atoms with Crippen molar-refractivity contribution in [2.75, 3.05) is 0 Å². The summed E-state index contributed by atoms with van der Waals surface area (Å²) in [6, 6.07) is 16.0. The second-order valence-corrected chi connectivity index (χ2v) is 7.27. The van der Waals surface area contributed by atoms with E-state index < -0.39 is 6.04 Å². The third-order valence-electron chi connectivity index (χ3n) is 4.59. The third kappa shape index (κ3) is 5.53. The molecule has 0 fully saturated rings. The van der Waals surface area contributed by atoms with E-state index >= 15 is 0 Å². The van der Waals surface area contributed by atoms with Crippen molar-refractivity contribution in [3.05, 3.63) is 76.6 Å². The molecule has 0 aliphatic heterocycles. The first-order valence-corrected chi connectivity index (χ1v) is 9.92. The SMILES string of the molecule is CC(C)OC(=O)CC(NC(=O)CCn1ncc(=O)c2ccccc21)c1ccccc1. The Bertz CT molecular complexity index is 1080. The molecular formula is C23H25N3O4. The number of para-hydroxylation sites is 1. The maximum Gasteiger partial charge on any atom is 0.308 e. The van der Waals surface area contributed by atoms with Gasteiger partial charge in [0.15, 0.2) is 0 Å². The van der Waals surface area contributed by atoms with E-state index in [9.17, 15) is 14.4 Å². The number of hydrogen-bond acceptors (Lipinski definition) is 5. The first kappa shape index (κ1) is 21.2. The molecular weight excluding hydrogens is 382 g/mol. The number of nitrogens with zero attached hydrogens (tertiary/aromatic N) is 2. The fourth-order valence-electron chi connectivity index (χ4n) is 3.23. The average molecular weight is 407 g/mol. The molecule has 0 saturated carbocycles. The molecule has 7 heteroatoms. The van der Waals surface area contributed by atoms with E-state index in [1.165, 1.54) is 6.20 Å². The number of fused-ring (bicyclic) bond motifs is 1. The highest BCUT2D eigenvalue weighted by Crippen LogP contribution is 2.18. The van der Waals surface area contributed by atoms with Gasteiger partial charge in [-0.3, -0.25) is 19.1 Å². The zero-order valence-corrected chi connectivity index (χ0v) is 17.1. The van der Waals surface area contributed by atoms with Crippen LogP contribution in [-0.4, -0.2) is 27.8 Å². The fourth-order valence-corrected chi connectivity index (χ4v) is 3.23. The second-order valence-electron chi connectivity index (χ2n) is 7.27. The van der Waals surface area contributed by atoms with Gasteiger partial charge in [0, 0.05) is 11.8 Å². The number of nitrogens with one attached hydrogen (secondary N) is 1. The number of rotatable bonds is 8. The van der Waals surface area contributed by atoms with Gasteiger partial charge in [-0.25, -0.2) is 0 Å². The van der Waals surface area contributed by atoms with Gasteiger partial charge in [-0.05, 0) is 31.5 Å². The number of aromatic nitrogens is 2. The predicted octanol–water partition coefficient (Wildman–Crippen LogP) is 2.99. The predicted molar refractivity (Wildman–Crippen MR) is 114 cm³/mol. The number of benzene rings is 2. The van der Waals surface area contributed by atoms with Gasteiger partial charge in [-0.2, -0.15) is 5.10 Å². The highest BCUT2D eigenvalue weighted by molar-refractivity contribution is 5.79. The molecule has 1 unspecified atom stereocenters. The van der Waals surface area contributed by atoms with Crippen LogP contribution < -0.4 is 10.7 Å². The molecule has 0 bridgehead atoms. The highest BCUT2D eigenvalue weighted by Gasteiger charge is 2.20. The number of carbonyl (C=O) groups is 2. The number of hydrogen-bond donors (Lipinski definition) is 1. The number of aryl methyl sites for hydroxylation is 1. The molecule has 1 N–H and O–H groups in total. The van der Waals surface area contributed by atoms with Crippen LogP contribution in [0.15, 0.2) is 65.6 Å². The van der Waals surface area contributed by atoms with Crippen LogP contribution >= 0.6 is 0 Å². The maximum absolute atomic E-state index is 12.6. The standard InChI is InChI=1S/C23H25N3O4/c1-16(2)30-23(29)14-19(17-8-4-3-5-9-17)25-22(28)12-13-26-20-11-7-6-10-18(20)21(27)15-24-26/h3-11,15-16,19H,12-14H2,1-2H3,(H,25,28). The minimum Gasteiger partial charge on any atom is -0.463 e. The first-order chi connectivity index (χ1) is 14.4. The van der Waals surface area contributed by atoms with Gasteiger partial charge >= 0.3 is 5.97 Å². The topological polar surface area (TPSA) is 90.3 Å². The molecule has 0 saturated heterocycles. The molecule has 2 aromatic carbocycles. The molecule has 30 heavy (non-hydrogen) atoms. The minimum absolute atomic E-state index is 0.0487. The molecule has 7 nitrogen and oxygen atoms in total. The van der Waals surface area contributed by atoms with Gasteiger partial charge in [0.25, 0.3) is 0 Å². The number of ether oxygens (including phenoxy) is 1. The van der Waals surface area contributed by atoms with Crippen molar-refractivity contribution in [3.8, 4) is 0 Å². The summed E-state index contributed by atoms with van der Waals surface area (Å²) in [5, 5.41) is 7.63. The summed E-state index contributed by atoms with van der Waals surface area (Å²) in [5.74, 6) is -0.585. The van der Waals surface area contributed by atoms with Gasteiger partial charge in [0.1, 0.15) is 0 Å². The van der Waals surface area contributed by atoms with Gasteiger partial charge in [0.2, 0.25) is 11.3 Å². The Morgan fingerprint density at radius 2 is 1.77 bits per heavy atom. The van der Waals surface area contributed by atoms with Crippen LogP contribution in [0.25, 0.3) is 10.9 Å². The fraction of sp³-hybridized carbons (Fsp3) is 0.304. The Hall–Kier alpha value is -3.48. The molecule has 3 rings (SSSR count). The summed E-state index contributed by atoms with van der Waals surface area (Å²) in [4.78, 5) is 36.8. The Balaban J connectivity index is 1.70. The largest absolute Gasteiger partial charge is 0.463 e. The molecule has 0 spiro atoms. The second kappa shape index (κ2) is 9.82. The summed E-state index contributed by atoms with van der Waals surface area (Å²) in [5.41, 5.74) is 1.36. The normalized spacial score (nSPS) is 12.0. The van der Waals surface area contributed by atoms with E-state index in [-0.39, 0.29) is 36.3 Å². The monoisotopic (exact) mass is 407 g/mol. The van der Waals surface area contributed by atoms with Crippen LogP contribution in [-0.2, 0) is 20.9 Å². The summed E-state index contributed by atoms with van der Waals surface area (Å²) in [7, 11) is 0. The van der Waals surface area contributed by atoms with E-state index in [1.807, 2.05) is 36.4 Å². The molecule has 1 heterocycles. The highest BCUT2D eigenvalue weighted by atomic mass is 16.5. The summed E-state index contributed by atoms with van der Waals surface area (Å²) < 4.78 is 6.88. The van der Waals surface area contributed by atoms with Crippen LogP contribution in [0, 0.1) is 0 Å². The molecule has 1 amide bonds. The van der Waals surface area contributed by atoms with Gasteiger partial charge < -0.3 is 10.1 Å². The van der Waals surface area contributed by atoms with E-state index in [1.54, 1.807) is 36.7 Å². The van der Waals surface area contributed by atoms with E-state index in [4.69, 9.17) is 4.74 Å². The summed E-state index contributed by atoms with van der Waals surface area (Å²) >= 11 is 0. The molecule has 3 aromatic rings. The Morgan fingerprint density at radius 1 is 1.07 bits per heavy atom. The molecule has 156 valence electrons. The van der Waals surface area contributed by atoms with Crippen molar-refractivity contribution < 1.29 is 14.3 Å². The van der Waals surface area contributed by atoms with Crippen LogP contribution in [0.3, 0.4) is 0 Å². The minimum atomic E-state index is -0.483. The van der Waals surface area contributed by atoms with Crippen molar-refractivity contribution in [2.24, 2.45) is 0 Å². The number of esters is 1. The van der Waals surface area contributed by atoms with Crippen LogP contribution in [0.1, 0.15) is 38.3 Å². The van der Waals surface area contributed by atoms with Crippen molar-refractivity contribution in [3.63, 3.8) is 0 Å². The zero-order chi connectivity index (χ0) is 21.5. The maximum atomic E-state index is 12.6. The van der Waals surface area contributed by atoms with Crippen molar-refractivity contribution in [1.82, 2.24) is 15.1 Å². The lowest BCUT2D eigenvalue weighted by Gasteiger charge is -2.19. The van der Waals surface area contributed by atoms with Crippen molar-refractivity contribution in [2.45, 2.75) is 45.4 Å². The zero-order valence-electron chi connectivity index (χ0n) is 17.1. The van der Waals surface area contributed by atoms with Crippen molar-refractivity contribution in [1.29, 1.82) is 0 Å². The van der Waals surface area contributed by atoms with Crippen LogP contribution in [0.2, 0.25) is 0 Å². The molecule has 1 atom stereocenters. The third-order valence-corrected chi connectivity index (χ3v) is 4.59. The Morgan fingerprint density at radius 3 is 2.50 bits per heavy atom. The smallest absolute Gasteiger partial charge is 0.308 e.